The van der Waals surface area contributed by atoms with Gasteiger partial charge in [-0.1, -0.05) is 18.5 Å². The molecule has 1 N–H and O–H groups in total. The van der Waals surface area contributed by atoms with Gasteiger partial charge in [-0.3, -0.25) is 0 Å². The Hall–Kier alpha value is -0.800. The van der Waals surface area contributed by atoms with Crippen molar-refractivity contribution >= 4 is 17.4 Å². The van der Waals surface area contributed by atoms with Gasteiger partial charge in [-0.15, -0.1) is 0 Å². The van der Waals surface area contributed by atoms with Crippen LogP contribution in [0.5, 0.6) is 0 Å². The van der Waals surface area contributed by atoms with Gasteiger partial charge < -0.3 is 10.2 Å². The number of hydrogen-bond donors (Lipinski definition) is 1. The number of nitrogens with zero attached hydrogens (tertiary/aromatic N) is 2. The van der Waals surface area contributed by atoms with Crippen molar-refractivity contribution < 1.29 is 0 Å². The second-order valence-electron chi connectivity index (χ2n) is 6.87. The van der Waals surface area contributed by atoms with Crippen LogP contribution in [0.15, 0.2) is 12.1 Å². The molecule has 0 amide bonds. The van der Waals surface area contributed by atoms with Crippen LogP contribution in [-0.4, -0.2) is 23.6 Å². The molecule has 1 aliphatic rings. The summed E-state index contributed by atoms with van der Waals surface area (Å²) in [6.45, 7) is 11.7. The van der Waals surface area contributed by atoms with Gasteiger partial charge >= 0.3 is 0 Å². The molecule has 112 valence electrons. The van der Waals surface area contributed by atoms with E-state index in [0.717, 1.165) is 35.5 Å². The minimum Gasteiger partial charge on any atom is -0.357 e. The first-order valence-electron chi connectivity index (χ1n) is 7.50. The van der Waals surface area contributed by atoms with Crippen LogP contribution >= 0.6 is 11.6 Å². The second kappa shape index (κ2) is 6.31. The van der Waals surface area contributed by atoms with Crippen molar-refractivity contribution in [3.63, 3.8) is 0 Å². The highest BCUT2D eigenvalue weighted by molar-refractivity contribution is 6.31. The summed E-state index contributed by atoms with van der Waals surface area (Å²) in [5.74, 6) is 1.90. The van der Waals surface area contributed by atoms with E-state index in [9.17, 15) is 0 Å². The Kier molecular flexibility index (Phi) is 4.92. The van der Waals surface area contributed by atoms with E-state index in [-0.39, 0.29) is 5.54 Å². The number of hydrogen-bond acceptors (Lipinski definition) is 3. The standard InChI is InChI=1S/C16H26ClN3/c1-12-7-9-20(10-8-12)15-6-5-13(17)14(19-15)11-18-16(2,3)4/h5-6,12,18H,7-11H2,1-4H3. The average molecular weight is 296 g/mol. The van der Waals surface area contributed by atoms with E-state index in [1.165, 1.54) is 12.8 Å². The number of halogens is 1. The van der Waals surface area contributed by atoms with E-state index in [0.29, 0.717) is 6.54 Å². The maximum Gasteiger partial charge on any atom is 0.128 e. The molecule has 0 spiro atoms. The highest BCUT2D eigenvalue weighted by Gasteiger charge is 2.18. The van der Waals surface area contributed by atoms with E-state index in [1.54, 1.807) is 0 Å². The Bertz CT molecular complexity index is 446. The lowest BCUT2D eigenvalue weighted by atomic mass is 9.99. The predicted molar refractivity (Wildman–Crippen MR) is 86.5 cm³/mol. The summed E-state index contributed by atoms with van der Waals surface area (Å²) in [5, 5.41) is 4.20. The minimum atomic E-state index is 0.0710. The van der Waals surface area contributed by atoms with E-state index in [4.69, 9.17) is 16.6 Å². The lowest BCUT2D eigenvalue weighted by molar-refractivity contribution is 0.420. The summed E-state index contributed by atoms with van der Waals surface area (Å²) in [6, 6.07) is 4.01. The molecule has 2 rings (SSSR count). The summed E-state index contributed by atoms with van der Waals surface area (Å²) >= 11 is 6.27. The van der Waals surface area contributed by atoms with Crippen LogP contribution in [-0.2, 0) is 6.54 Å². The van der Waals surface area contributed by atoms with E-state index < -0.39 is 0 Å². The first-order valence-corrected chi connectivity index (χ1v) is 7.88. The smallest absolute Gasteiger partial charge is 0.128 e. The fraction of sp³-hybridized carbons (Fsp3) is 0.688. The third kappa shape index (κ3) is 4.35. The SMILES string of the molecule is CC1CCN(c2ccc(Cl)c(CNC(C)(C)C)n2)CC1. The molecule has 0 bridgehead atoms. The Morgan fingerprint density at radius 3 is 2.55 bits per heavy atom. The molecular weight excluding hydrogens is 270 g/mol. The van der Waals surface area contributed by atoms with Crippen molar-refractivity contribution in [2.24, 2.45) is 5.92 Å². The van der Waals surface area contributed by atoms with Crippen molar-refractivity contribution in [1.82, 2.24) is 10.3 Å². The molecule has 0 aromatic carbocycles. The minimum absolute atomic E-state index is 0.0710. The molecule has 0 saturated carbocycles. The predicted octanol–water partition coefficient (Wildman–Crippen LogP) is 3.86. The molecule has 0 aliphatic carbocycles. The van der Waals surface area contributed by atoms with Crippen LogP contribution in [0.25, 0.3) is 0 Å². The number of rotatable bonds is 3. The molecule has 0 radical (unpaired) electrons. The Morgan fingerprint density at radius 1 is 1.30 bits per heavy atom. The molecule has 1 aromatic rings. The van der Waals surface area contributed by atoms with E-state index in [1.807, 2.05) is 12.1 Å². The van der Waals surface area contributed by atoms with Crippen molar-refractivity contribution in [1.29, 1.82) is 0 Å². The lowest BCUT2D eigenvalue weighted by Crippen LogP contribution is -2.36. The Balaban J connectivity index is 2.08. The molecular formula is C16H26ClN3. The number of aromatic nitrogens is 1. The molecule has 3 nitrogen and oxygen atoms in total. The summed E-state index contributed by atoms with van der Waals surface area (Å²) in [6.07, 6.45) is 2.50. The molecule has 2 heterocycles. The first-order chi connectivity index (χ1) is 9.35. The van der Waals surface area contributed by atoms with Gasteiger partial charge in [-0.05, 0) is 51.7 Å². The Labute approximate surface area is 127 Å². The van der Waals surface area contributed by atoms with Gasteiger partial charge in [0.1, 0.15) is 5.82 Å². The fourth-order valence-corrected chi connectivity index (χ4v) is 2.53. The summed E-state index contributed by atoms with van der Waals surface area (Å²) in [7, 11) is 0. The highest BCUT2D eigenvalue weighted by atomic mass is 35.5. The number of anilines is 1. The average Bonchev–Trinajstić information content (AvgIpc) is 2.38. The van der Waals surface area contributed by atoms with Crippen LogP contribution in [0.4, 0.5) is 5.82 Å². The normalized spacial score (nSPS) is 17.6. The van der Waals surface area contributed by atoms with Crippen LogP contribution < -0.4 is 10.2 Å². The summed E-state index contributed by atoms with van der Waals surface area (Å²) < 4.78 is 0. The molecule has 1 fully saturated rings. The van der Waals surface area contributed by atoms with E-state index >= 15 is 0 Å². The van der Waals surface area contributed by atoms with Crippen LogP contribution in [0.1, 0.15) is 46.2 Å². The van der Waals surface area contributed by atoms with Crippen LogP contribution in [0.2, 0.25) is 5.02 Å². The van der Waals surface area contributed by atoms with Crippen LogP contribution in [0, 0.1) is 5.92 Å². The van der Waals surface area contributed by atoms with Crippen molar-refractivity contribution in [3.05, 3.63) is 22.8 Å². The third-order valence-corrected chi connectivity index (χ3v) is 4.14. The van der Waals surface area contributed by atoms with Gasteiger partial charge in [0.2, 0.25) is 0 Å². The van der Waals surface area contributed by atoms with Gasteiger partial charge in [0.25, 0.3) is 0 Å². The van der Waals surface area contributed by atoms with Crippen LogP contribution in [0.3, 0.4) is 0 Å². The molecule has 20 heavy (non-hydrogen) atoms. The zero-order valence-electron chi connectivity index (χ0n) is 13.0. The molecule has 1 aromatic heterocycles. The molecule has 0 atom stereocenters. The van der Waals surface area contributed by atoms with Crippen molar-refractivity contribution in [3.8, 4) is 0 Å². The maximum atomic E-state index is 6.27. The number of pyridine rings is 1. The van der Waals surface area contributed by atoms with Gasteiger partial charge in [0, 0.05) is 25.2 Å². The van der Waals surface area contributed by atoms with Gasteiger partial charge in [-0.25, -0.2) is 4.98 Å². The van der Waals surface area contributed by atoms with Gasteiger partial charge in [0.15, 0.2) is 0 Å². The zero-order valence-corrected chi connectivity index (χ0v) is 13.8. The van der Waals surface area contributed by atoms with Crippen molar-refractivity contribution in [2.75, 3.05) is 18.0 Å². The van der Waals surface area contributed by atoms with Crippen molar-refractivity contribution in [2.45, 2.75) is 52.6 Å². The maximum absolute atomic E-state index is 6.27. The largest absolute Gasteiger partial charge is 0.357 e. The van der Waals surface area contributed by atoms with Gasteiger partial charge in [0.05, 0.1) is 10.7 Å². The van der Waals surface area contributed by atoms with E-state index in [2.05, 4.69) is 37.9 Å². The third-order valence-electron chi connectivity index (χ3n) is 3.80. The molecule has 1 saturated heterocycles. The Morgan fingerprint density at radius 2 is 1.95 bits per heavy atom. The summed E-state index contributed by atoms with van der Waals surface area (Å²) in [5.41, 5.74) is 1.01. The molecule has 0 unspecified atom stereocenters. The molecule has 4 heteroatoms. The topological polar surface area (TPSA) is 28.2 Å². The zero-order chi connectivity index (χ0) is 14.8. The number of piperidine rings is 1. The second-order valence-corrected chi connectivity index (χ2v) is 7.28. The summed E-state index contributed by atoms with van der Waals surface area (Å²) in [4.78, 5) is 7.13. The monoisotopic (exact) mass is 295 g/mol. The number of nitrogens with one attached hydrogen (secondary N) is 1. The quantitative estimate of drug-likeness (QED) is 0.918. The van der Waals surface area contributed by atoms with Gasteiger partial charge in [-0.2, -0.15) is 0 Å². The highest BCUT2D eigenvalue weighted by Crippen LogP contribution is 2.24. The fourth-order valence-electron chi connectivity index (χ4n) is 2.36. The molecule has 1 aliphatic heterocycles. The lowest BCUT2D eigenvalue weighted by Gasteiger charge is -2.31. The first kappa shape index (κ1) is 15.6.